The lowest BCUT2D eigenvalue weighted by atomic mass is 10.2. The largest absolute Gasteiger partial charge is 0.347 e. The van der Waals surface area contributed by atoms with E-state index in [1.54, 1.807) is 13.0 Å². The van der Waals surface area contributed by atoms with Crippen LogP contribution in [-0.2, 0) is 0 Å². The van der Waals surface area contributed by atoms with Gasteiger partial charge in [-0.1, -0.05) is 23.3 Å². The minimum Gasteiger partial charge on any atom is -0.347 e. The Bertz CT molecular complexity index is 591. The van der Waals surface area contributed by atoms with E-state index >= 15 is 0 Å². The Morgan fingerprint density at radius 1 is 1.65 bits per heavy atom. The van der Waals surface area contributed by atoms with Gasteiger partial charge in [-0.2, -0.15) is 0 Å². The lowest BCUT2D eigenvalue weighted by molar-refractivity contribution is 0.0957. The molecule has 88 valence electrons. The normalized spacial score (nSPS) is 10.5. The van der Waals surface area contributed by atoms with Crippen LogP contribution in [0.1, 0.15) is 16.1 Å². The molecule has 0 spiro atoms. The highest BCUT2D eigenvalue weighted by Crippen LogP contribution is 2.16. The summed E-state index contributed by atoms with van der Waals surface area (Å²) < 4.78 is 4.95. The molecular formula is C11H10ClN3O2. The molecule has 2 aromatic heterocycles. The Morgan fingerprint density at radius 2 is 2.41 bits per heavy atom. The van der Waals surface area contributed by atoms with Gasteiger partial charge in [0.05, 0.1) is 23.2 Å². The molecule has 0 saturated carbocycles. The fourth-order valence-electron chi connectivity index (χ4n) is 1.35. The average Bonchev–Trinajstić information content (AvgIpc) is 2.67. The zero-order chi connectivity index (χ0) is 12.4. The third-order valence-corrected chi connectivity index (χ3v) is 2.35. The fraction of sp³-hybridized carbons (Fsp3) is 0.182. The minimum absolute atomic E-state index is 0.223. The van der Waals surface area contributed by atoms with Crippen molar-refractivity contribution in [3.8, 4) is 0 Å². The predicted molar refractivity (Wildman–Crippen MR) is 63.9 cm³/mol. The maximum atomic E-state index is 11.7. The molecule has 0 unspecified atom stereocenters. The summed E-state index contributed by atoms with van der Waals surface area (Å²) in [7, 11) is 0. The summed E-state index contributed by atoms with van der Waals surface area (Å²) in [4.78, 5) is 15.7. The zero-order valence-corrected chi connectivity index (χ0v) is 9.91. The molecule has 0 aliphatic rings. The van der Waals surface area contributed by atoms with Crippen molar-refractivity contribution in [3.05, 3.63) is 35.1 Å². The van der Waals surface area contributed by atoms with Crippen molar-refractivity contribution in [2.75, 3.05) is 6.54 Å². The van der Waals surface area contributed by atoms with Crippen LogP contribution in [0.25, 0.3) is 11.1 Å². The number of aryl methyl sites for hydroxylation is 1. The number of pyridine rings is 1. The Labute approximate surface area is 102 Å². The van der Waals surface area contributed by atoms with Gasteiger partial charge >= 0.3 is 0 Å². The van der Waals surface area contributed by atoms with Crippen molar-refractivity contribution < 1.29 is 9.32 Å². The van der Waals surface area contributed by atoms with Gasteiger partial charge in [0.2, 0.25) is 0 Å². The van der Waals surface area contributed by atoms with Crippen LogP contribution in [-0.4, -0.2) is 22.6 Å². The van der Waals surface area contributed by atoms with E-state index in [1.807, 2.05) is 0 Å². The first-order valence-electron chi connectivity index (χ1n) is 4.91. The van der Waals surface area contributed by atoms with Gasteiger partial charge in [0.15, 0.2) is 0 Å². The molecule has 6 heteroatoms. The topological polar surface area (TPSA) is 68.0 Å². The molecule has 0 saturated heterocycles. The van der Waals surface area contributed by atoms with Gasteiger partial charge in [-0.3, -0.25) is 4.79 Å². The number of fused-ring (bicyclic) bond motifs is 1. The maximum Gasteiger partial charge on any atom is 0.257 e. The van der Waals surface area contributed by atoms with Crippen molar-refractivity contribution in [3.63, 3.8) is 0 Å². The molecular weight excluding hydrogens is 242 g/mol. The molecule has 0 bridgehead atoms. The van der Waals surface area contributed by atoms with Crippen LogP contribution in [0, 0.1) is 6.92 Å². The molecule has 0 atom stereocenters. The van der Waals surface area contributed by atoms with Crippen LogP contribution in [0.5, 0.6) is 0 Å². The summed E-state index contributed by atoms with van der Waals surface area (Å²) in [6, 6.07) is 1.68. The molecule has 1 amide bonds. The molecule has 2 heterocycles. The molecule has 0 radical (unpaired) electrons. The highest BCUT2D eigenvalue weighted by molar-refractivity contribution is 6.29. The van der Waals surface area contributed by atoms with E-state index in [9.17, 15) is 4.79 Å². The first kappa shape index (κ1) is 11.6. The van der Waals surface area contributed by atoms with Gasteiger partial charge in [0.25, 0.3) is 11.6 Å². The molecule has 17 heavy (non-hydrogen) atoms. The van der Waals surface area contributed by atoms with Crippen molar-refractivity contribution in [2.45, 2.75) is 6.92 Å². The first-order chi connectivity index (χ1) is 8.08. The molecule has 0 fully saturated rings. The van der Waals surface area contributed by atoms with Gasteiger partial charge < -0.3 is 9.84 Å². The third kappa shape index (κ3) is 2.45. The standard InChI is InChI=1S/C11H10ClN3O2/c1-6(12)4-13-10(16)8-3-9-7(2)15-17-11(9)14-5-8/h3,5H,1,4H2,2H3,(H,13,16). The molecule has 5 nitrogen and oxygen atoms in total. The van der Waals surface area contributed by atoms with E-state index in [2.05, 4.69) is 22.0 Å². The number of nitrogens with one attached hydrogen (secondary N) is 1. The van der Waals surface area contributed by atoms with Crippen LogP contribution >= 0.6 is 11.6 Å². The lowest BCUT2D eigenvalue weighted by Crippen LogP contribution is -2.24. The van der Waals surface area contributed by atoms with Crippen LogP contribution in [0.2, 0.25) is 0 Å². The number of hydrogen-bond acceptors (Lipinski definition) is 4. The van der Waals surface area contributed by atoms with Crippen molar-refractivity contribution in [1.29, 1.82) is 0 Å². The number of carbonyl (C=O) groups excluding carboxylic acids is 1. The van der Waals surface area contributed by atoms with Gasteiger partial charge in [-0.15, -0.1) is 0 Å². The number of amides is 1. The van der Waals surface area contributed by atoms with Crippen molar-refractivity contribution >= 4 is 28.6 Å². The van der Waals surface area contributed by atoms with E-state index < -0.39 is 0 Å². The summed E-state index contributed by atoms with van der Waals surface area (Å²) in [5.74, 6) is -0.262. The van der Waals surface area contributed by atoms with Gasteiger partial charge in [-0.25, -0.2) is 4.98 Å². The van der Waals surface area contributed by atoms with Crippen LogP contribution in [0.4, 0.5) is 0 Å². The first-order valence-corrected chi connectivity index (χ1v) is 5.29. The van der Waals surface area contributed by atoms with Gasteiger partial charge in [0, 0.05) is 11.2 Å². The van der Waals surface area contributed by atoms with Gasteiger partial charge in [0.1, 0.15) is 0 Å². The summed E-state index contributed by atoms with van der Waals surface area (Å²) in [5, 5.41) is 7.47. The van der Waals surface area contributed by atoms with E-state index in [-0.39, 0.29) is 12.5 Å². The SMILES string of the molecule is C=C(Cl)CNC(=O)c1cnc2onc(C)c2c1. The summed E-state index contributed by atoms with van der Waals surface area (Å²) in [6.07, 6.45) is 1.43. The number of carbonyl (C=O) groups is 1. The third-order valence-electron chi connectivity index (χ3n) is 2.21. The van der Waals surface area contributed by atoms with Crippen LogP contribution in [0.15, 0.2) is 28.4 Å². The summed E-state index contributed by atoms with van der Waals surface area (Å²) in [6.45, 7) is 5.50. The molecule has 0 aliphatic carbocycles. The Hall–Kier alpha value is -1.88. The minimum atomic E-state index is -0.262. The number of nitrogens with zero attached hydrogens (tertiary/aromatic N) is 2. The second-order valence-corrected chi connectivity index (χ2v) is 4.08. The number of aromatic nitrogens is 2. The van der Waals surface area contributed by atoms with Crippen LogP contribution in [0.3, 0.4) is 0 Å². The average molecular weight is 252 g/mol. The van der Waals surface area contributed by atoms with E-state index in [0.717, 1.165) is 5.39 Å². The predicted octanol–water partition coefficient (Wildman–Crippen LogP) is 2.01. The van der Waals surface area contributed by atoms with Gasteiger partial charge in [-0.05, 0) is 13.0 Å². The zero-order valence-electron chi connectivity index (χ0n) is 9.16. The quantitative estimate of drug-likeness (QED) is 0.906. The second kappa shape index (κ2) is 4.55. The maximum absolute atomic E-state index is 11.7. The van der Waals surface area contributed by atoms with E-state index in [1.165, 1.54) is 6.20 Å². The highest BCUT2D eigenvalue weighted by atomic mass is 35.5. The Morgan fingerprint density at radius 3 is 3.12 bits per heavy atom. The number of hydrogen-bond donors (Lipinski definition) is 1. The number of rotatable bonds is 3. The number of halogens is 1. The monoisotopic (exact) mass is 251 g/mol. The summed E-state index contributed by atoms with van der Waals surface area (Å²) in [5.41, 5.74) is 1.55. The van der Waals surface area contributed by atoms with E-state index in [0.29, 0.717) is 22.0 Å². The molecule has 0 aromatic carbocycles. The molecule has 2 rings (SSSR count). The fourth-order valence-corrected chi connectivity index (χ4v) is 1.41. The second-order valence-electron chi connectivity index (χ2n) is 3.54. The smallest absolute Gasteiger partial charge is 0.257 e. The Balaban J connectivity index is 2.26. The van der Waals surface area contributed by atoms with Crippen molar-refractivity contribution in [1.82, 2.24) is 15.5 Å². The molecule has 1 N–H and O–H groups in total. The lowest BCUT2D eigenvalue weighted by Gasteiger charge is -2.02. The van der Waals surface area contributed by atoms with Crippen LogP contribution < -0.4 is 5.32 Å². The summed E-state index contributed by atoms with van der Waals surface area (Å²) >= 11 is 5.56. The highest BCUT2D eigenvalue weighted by Gasteiger charge is 2.11. The Kier molecular flexibility index (Phi) is 3.10. The molecule has 0 aliphatic heterocycles. The van der Waals surface area contributed by atoms with Crippen molar-refractivity contribution in [2.24, 2.45) is 0 Å². The molecule has 2 aromatic rings. The van der Waals surface area contributed by atoms with E-state index in [4.69, 9.17) is 16.1 Å².